The Morgan fingerprint density at radius 1 is 1.58 bits per heavy atom. The molecule has 2 nitrogen and oxygen atoms in total. The lowest BCUT2D eigenvalue weighted by Gasteiger charge is -2.19. The summed E-state index contributed by atoms with van der Waals surface area (Å²) in [5, 5.41) is 3.08. The quantitative estimate of drug-likeness (QED) is 0.619. The summed E-state index contributed by atoms with van der Waals surface area (Å²) < 4.78 is 1.01. The van der Waals surface area contributed by atoms with Crippen LogP contribution in [0, 0.1) is 11.8 Å². The van der Waals surface area contributed by atoms with E-state index >= 15 is 0 Å². The Hall–Kier alpha value is 0.200. The van der Waals surface area contributed by atoms with Crippen LogP contribution in [0.5, 0.6) is 0 Å². The second kappa shape index (κ2) is 4.44. The van der Waals surface area contributed by atoms with E-state index in [2.05, 4.69) is 41.8 Å². The average molecular weight is 281 g/mol. The maximum Gasteiger partial charge on any atom is 0.223 e. The number of carbonyl (C=O) groups is 1. The number of rotatable bonds is 4. The molecule has 1 fully saturated rings. The average Bonchev–Trinajstić information content (AvgIpc) is 2.80. The van der Waals surface area contributed by atoms with Crippen molar-refractivity contribution in [3.8, 4) is 0 Å². The van der Waals surface area contributed by atoms with Gasteiger partial charge in [-0.3, -0.25) is 4.79 Å². The molecular weight excluding hydrogens is 265 g/mol. The highest BCUT2D eigenvalue weighted by atomic mass is 127. The molecule has 0 radical (unpaired) electrons. The van der Waals surface area contributed by atoms with Gasteiger partial charge in [0.15, 0.2) is 0 Å². The zero-order valence-electron chi connectivity index (χ0n) is 7.64. The number of halogens is 1. The van der Waals surface area contributed by atoms with Crippen LogP contribution in [0.15, 0.2) is 0 Å². The van der Waals surface area contributed by atoms with Gasteiger partial charge in [-0.15, -0.1) is 0 Å². The Balaban J connectivity index is 2.30. The minimum absolute atomic E-state index is 0.269. The van der Waals surface area contributed by atoms with Crippen LogP contribution >= 0.6 is 22.6 Å². The van der Waals surface area contributed by atoms with E-state index in [4.69, 9.17) is 0 Å². The van der Waals surface area contributed by atoms with Gasteiger partial charge in [0.25, 0.3) is 0 Å². The summed E-state index contributed by atoms with van der Waals surface area (Å²) in [5.74, 6) is 1.16. The van der Waals surface area contributed by atoms with Crippen LogP contribution in [0.2, 0.25) is 0 Å². The van der Waals surface area contributed by atoms with Crippen molar-refractivity contribution in [1.29, 1.82) is 0 Å². The first-order chi connectivity index (χ1) is 5.65. The van der Waals surface area contributed by atoms with Crippen LogP contribution < -0.4 is 5.32 Å². The van der Waals surface area contributed by atoms with E-state index in [0.29, 0.717) is 17.9 Å². The monoisotopic (exact) mass is 281 g/mol. The molecule has 1 amide bonds. The fraction of sp³-hybridized carbons (Fsp3) is 0.889. The Labute approximate surface area is 87.6 Å². The van der Waals surface area contributed by atoms with Gasteiger partial charge in [-0.1, -0.05) is 36.4 Å². The molecule has 70 valence electrons. The molecule has 1 aliphatic carbocycles. The second-order valence-electron chi connectivity index (χ2n) is 3.79. The fourth-order valence-electron chi connectivity index (χ4n) is 1.03. The van der Waals surface area contributed by atoms with Gasteiger partial charge in [0, 0.05) is 16.4 Å². The Bertz CT molecular complexity index is 166. The van der Waals surface area contributed by atoms with Crippen molar-refractivity contribution < 1.29 is 4.79 Å². The van der Waals surface area contributed by atoms with E-state index in [9.17, 15) is 4.79 Å². The summed E-state index contributed by atoms with van der Waals surface area (Å²) in [5.41, 5.74) is 0. The molecule has 12 heavy (non-hydrogen) atoms. The van der Waals surface area contributed by atoms with Gasteiger partial charge >= 0.3 is 0 Å². The standard InChI is InChI=1S/C9H16INO/c1-6(2)8(5-10)11-9(12)7-3-4-7/h6-8H,3-5H2,1-2H3,(H,11,12). The molecule has 1 aliphatic rings. The van der Waals surface area contributed by atoms with Crippen molar-refractivity contribution in [2.45, 2.75) is 32.7 Å². The smallest absolute Gasteiger partial charge is 0.223 e. The highest BCUT2D eigenvalue weighted by Gasteiger charge is 2.31. The van der Waals surface area contributed by atoms with Crippen molar-refractivity contribution in [3.63, 3.8) is 0 Å². The molecule has 1 N–H and O–H groups in total. The molecular formula is C9H16INO. The van der Waals surface area contributed by atoms with Crippen molar-refractivity contribution >= 4 is 28.5 Å². The van der Waals surface area contributed by atoms with Gasteiger partial charge in [0.2, 0.25) is 5.91 Å². The topological polar surface area (TPSA) is 29.1 Å². The first-order valence-electron chi connectivity index (χ1n) is 4.51. The summed E-state index contributed by atoms with van der Waals surface area (Å²) in [6, 6.07) is 0.360. The van der Waals surface area contributed by atoms with Gasteiger partial charge in [0.1, 0.15) is 0 Å². The molecule has 0 bridgehead atoms. The van der Waals surface area contributed by atoms with E-state index < -0.39 is 0 Å². The minimum Gasteiger partial charge on any atom is -0.352 e. The molecule has 0 aromatic heterocycles. The number of hydrogen-bond donors (Lipinski definition) is 1. The van der Waals surface area contributed by atoms with Gasteiger partial charge in [0.05, 0.1) is 0 Å². The predicted octanol–water partition coefficient (Wildman–Crippen LogP) is 1.97. The summed E-state index contributed by atoms with van der Waals surface area (Å²) in [7, 11) is 0. The van der Waals surface area contributed by atoms with Crippen LogP contribution in [0.4, 0.5) is 0 Å². The van der Waals surface area contributed by atoms with Crippen LogP contribution in [0.3, 0.4) is 0 Å². The van der Waals surface area contributed by atoms with Crippen LogP contribution in [0.25, 0.3) is 0 Å². The van der Waals surface area contributed by atoms with Gasteiger partial charge < -0.3 is 5.32 Å². The van der Waals surface area contributed by atoms with Crippen molar-refractivity contribution in [1.82, 2.24) is 5.32 Å². The lowest BCUT2D eigenvalue weighted by atomic mass is 10.1. The molecule has 1 unspecified atom stereocenters. The van der Waals surface area contributed by atoms with E-state index in [-0.39, 0.29) is 5.91 Å². The number of alkyl halides is 1. The highest BCUT2D eigenvalue weighted by molar-refractivity contribution is 14.1. The maximum atomic E-state index is 11.4. The lowest BCUT2D eigenvalue weighted by Crippen LogP contribution is -2.40. The molecule has 3 heteroatoms. The molecule has 0 heterocycles. The maximum absolute atomic E-state index is 11.4. The fourth-order valence-corrected chi connectivity index (χ4v) is 2.27. The number of carbonyl (C=O) groups excluding carboxylic acids is 1. The first-order valence-corrected chi connectivity index (χ1v) is 6.04. The molecule has 1 rings (SSSR count). The largest absolute Gasteiger partial charge is 0.352 e. The van der Waals surface area contributed by atoms with Crippen LogP contribution in [0.1, 0.15) is 26.7 Å². The Morgan fingerprint density at radius 2 is 2.17 bits per heavy atom. The summed E-state index contributed by atoms with van der Waals surface area (Å²) in [6.45, 7) is 4.30. The minimum atomic E-state index is 0.269. The Morgan fingerprint density at radius 3 is 2.50 bits per heavy atom. The number of nitrogens with one attached hydrogen (secondary N) is 1. The zero-order chi connectivity index (χ0) is 9.14. The number of amides is 1. The normalized spacial score (nSPS) is 19.3. The first kappa shape index (κ1) is 10.3. The molecule has 0 aromatic carbocycles. The summed E-state index contributed by atoms with van der Waals surface area (Å²) >= 11 is 2.33. The second-order valence-corrected chi connectivity index (χ2v) is 4.67. The third kappa shape index (κ3) is 2.92. The molecule has 0 saturated heterocycles. The van der Waals surface area contributed by atoms with E-state index in [1.807, 2.05) is 0 Å². The summed E-state index contributed by atoms with van der Waals surface area (Å²) in [4.78, 5) is 11.4. The highest BCUT2D eigenvalue weighted by Crippen LogP contribution is 2.29. The van der Waals surface area contributed by atoms with E-state index in [1.54, 1.807) is 0 Å². The Kier molecular flexibility index (Phi) is 3.80. The molecule has 0 spiro atoms. The zero-order valence-corrected chi connectivity index (χ0v) is 9.80. The third-order valence-corrected chi connectivity index (χ3v) is 3.20. The van der Waals surface area contributed by atoms with E-state index in [0.717, 1.165) is 17.3 Å². The van der Waals surface area contributed by atoms with Crippen LogP contribution in [-0.4, -0.2) is 16.4 Å². The van der Waals surface area contributed by atoms with Crippen molar-refractivity contribution in [2.24, 2.45) is 11.8 Å². The molecule has 0 aliphatic heterocycles. The molecule has 1 saturated carbocycles. The lowest BCUT2D eigenvalue weighted by molar-refractivity contribution is -0.123. The van der Waals surface area contributed by atoms with Crippen molar-refractivity contribution in [3.05, 3.63) is 0 Å². The summed E-state index contributed by atoms with van der Waals surface area (Å²) in [6.07, 6.45) is 2.19. The van der Waals surface area contributed by atoms with Gasteiger partial charge in [-0.2, -0.15) is 0 Å². The molecule has 0 aromatic rings. The SMILES string of the molecule is CC(C)C(CI)NC(=O)C1CC1. The number of hydrogen-bond acceptors (Lipinski definition) is 1. The predicted molar refractivity (Wildman–Crippen MR) is 58.4 cm³/mol. The molecule has 1 atom stereocenters. The third-order valence-electron chi connectivity index (χ3n) is 2.25. The van der Waals surface area contributed by atoms with Gasteiger partial charge in [-0.25, -0.2) is 0 Å². The van der Waals surface area contributed by atoms with Crippen LogP contribution in [-0.2, 0) is 4.79 Å². The van der Waals surface area contributed by atoms with Gasteiger partial charge in [-0.05, 0) is 18.8 Å². The van der Waals surface area contributed by atoms with E-state index in [1.165, 1.54) is 0 Å². The van der Waals surface area contributed by atoms with Crippen molar-refractivity contribution in [2.75, 3.05) is 4.43 Å².